The number of carbonyl (C=O) groups is 2. The normalized spacial score (nSPS) is 18.1. The van der Waals surface area contributed by atoms with Crippen LogP contribution in [-0.4, -0.2) is 42.9 Å². The van der Waals surface area contributed by atoms with Gasteiger partial charge in [-0.3, -0.25) is 9.59 Å². The maximum absolute atomic E-state index is 12.9. The molecule has 1 aromatic carbocycles. The Hall–Kier alpha value is -1.89. The second-order valence-electron chi connectivity index (χ2n) is 7.23. The Labute approximate surface area is 169 Å². The van der Waals surface area contributed by atoms with Gasteiger partial charge in [0.2, 0.25) is 0 Å². The monoisotopic (exact) mass is 405 g/mol. The highest BCUT2D eigenvalue weighted by molar-refractivity contribution is 7.12. The molecule has 1 aromatic heterocycles. The SMILES string of the molecule is Cl.O=C(Nc1cccc(C(=O)N2CCC3(CCNC3)CC2)c1)c1cccs1. The summed E-state index contributed by atoms with van der Waals surface area (Å²) in [6, 6.07) is 10.9. The summed E-state index contributed by atoms with van der Waals surface area (Å²) in [4.78, 5) is 27.7. The van der Waals surface area contributed by atoms with E-state index in [1.807, 2.05) is 34.5 Å². The molecule has 2 amide bonds. The first kappa shape index (κ1) is 19.9. The van der Waals surface area contributed by atoms with Crippen molar-refractivity contribution in [2.45, 2.75) is 19.3 Å². The van der Waals surface area contributed by atoms with Gasteiger partial charge >= 0.3 is 0 Å². The molecule has 0 saturated carbocycles. The Morgan fingerprint density at radius 2 is 1.93 bits per heavy atom. The van der Waals surface area contributed by atoms with Crippen molar-refractivity contribution in [1.82, 2.24) is 10.2 Å². The first-order chi connectivity index (χ1) is 12.7. The van der Waals surface area contributed by atoms with E-state index in [1.165, 1.54) is 17.8 Å². The first-order valence-corrected chi connectivity index (χ1v) is 9.98. The number of likely N-dealkylation sites (tertiary alicyclic amines) is 1. The Morgan fingerprint density at radius 3 is 2.59 bits per heavy atom. The summed E-state index contributed by atoms with van der Waals surface area (Å²) in [7, 11) is 0. The molecule has 2 fully saturated rings. The van der Waals surface area contributed by atoms with Gasteiger partial charge in [0.05, 0.1) is 4.88 Å². The van der Waals surface area contributed by atoms with E-state index in [0.29, 0.717) is 21.5 Å². The topological polar surface area (TPSA) is 61.4 Å². The molecule has 7 heteroatoms. The van der Waals surface area contributed by atoms with Crippen LogP contribution in [0.25, 0.3) is 0 Å². The summed E-state index contributed by atoms with van der Waals surface area (Å²) in [6.07, 6.45) is 3.36. The van der Waals surface area contributed by atoms with Crippen LogP contribution >= 0.6 is 23.7 Å². The zero-order chi connectivity index (χ0) is 18.0. The van der Waals surface area contributed by atoms with Crippen molar-refractivity contribution in [1.29, 1.82) is 0 Å². The van der Waals surface area contributed by atoms with Crippen molar-refractivity contribution in [3.05, 3.63) is 52.2 Å². The molecule has 0 atom stereocenters. The van der Waals surface area contributed by atoms with Crippen LogP contribution in [0.1, 0.15) is 39.3 Å². The number of amides is 2. The number of halogens is 1. The minimum absolute atomic E-state index is 0. The van der Waals surface area contributed by atoms with Crippen LogP contribution in [0, 0.1) is 5.41 Å². The van der Waals surface area contributed by atoms with Crippen molar-refractivity contribution in [3.8, 4) is 0 Å². The van der Waals surface area contributed by atoms with E-state index in [9.17, 15) is 9.59 Å². The third kappa shape index (κ3) is 4.34. The number of benzene rings is 1. The third-order valence-corrected chi connectivity index (χ3v) is 6.42. The van der Waals surface area contributed by atoms with E-state index < -0.39 is 0 Å². The van der Waals surface area contributed by atoms with Crippen molar-refractivity contribution in [2.24, 2.45) is 5.41 Å². The van der Waals surface area contributed by atoms with Crippen LogP contribution in [0.3, 0.4) is 0 Å². The maximum atomic E-state index is 12.9. The molecule has 27 heavy (non-hydrogen) atoms. The largest absolute Gasteiger partial charge is 0.339 e. The molecule has 3 heterocycles. The lowest BCUT2D eigenvalue weighted by Gasteiger charge is -2.39. The van der Waals surface area contributed by atoms with Gasteiger partial charge in [-0.1, -0.05) is 12.1 Å². The van der Waals surface area contributed by atoms with Gasteiger partial charge in [-0.2, -0.15) is 0 Å². The molecule has 0 radical (unpaired) electrons. The summed E-state index contributed by atoms with van der Waals surface area (Å²) in [5, 5.41) is 8.20. The Kier molecular flexibility index (Phi) is 6.19. The summed E-state index contributed by atoms with van der Waals surface area (Å²) >= 11 is 1.40. The van der Waals surface area contributed by atoms with Gasteiger partial charge in [0.15, 0.2) is 0 Å². The first-order valence-electron chi connectivity index (χ1n) is 9.10. The van der Waals surface area contributed by atoms with Crippen LogP contribution in [0.5, 0.6) is 0 Å². The van der Waals surface area contributed by atoms with Crippen LogP contribution in [0.4, 0.5) is 5.69 Å². The van der Waals surface area contributed by atoms with Crippen molar-refractivity contribution < 1.29 is 9.59 Å². The number of thiophene rings is 1. The summed E-state index contributed by atoms with van der Waals surface area (Å²) in [6.45, 7) is 3.80. The zero-order valence-electron chi connectivity index (χ0n) is 15.1. The molecule has 2 saturated heterocycles. The molecule has 0 unspecified atom stereocenters. The fourth-order valence-electron chi connectivity index (χ4n) is 3.92. The number of anilines is 1. The minimum Gasteiger partial charge on any atom is -0.339 e. The average molecular weight is 406 g/mol. The van der Waals surface area contributed by atoms with Gasteiger partial charge < -0.3 is 15.5 Å². The van der Waals surface area contributed by atoms with Gasteiger partial charge in [-0.05, 0) is 60.9 Å². The van der Waals surface area contributed by atoms with E-state index in [-0.39, 0.29) is 24.2 Å². The Morgan fingerprint density at radius 1 is 1.11 bits per heavy atom. The van der Waals surface area contributed by atoms with Gasteiger partial charge in [-0.25, -0.2) is 0 Å². The van der Waals surface area contributed by atoms with Crippen LogP contribution < -0.4 is 10.6 Å². The lowest BCUT2D eigenvalue weighted by atomic mass is 9.78. The predicted octanol–water partition coefficient (Wildman–Crippen LogP) is 3.64. The highest BCUT2D eigenvalue weighted by atomic mass is 35.5. The molecule has 2 aromatic rings. The minimum atomic E-state index is -0.141. The highest BCUT2D eigenvalue weighted by Gasteiger charge is 2.38. The average Bonchev–Trinajstić information content (AvgIpc) is 3.35. The summed E-state index contributed by atoms with van der Waals surface area (Å²) in [5.74, 6) is -0.0868. The molecular weight excluding hydrogens is 382 g/mol. The quantitative estimate of drug-likeness (QED) is 0.819. The Balaban J connectivity index is 0.00000210. The number of hydrogen-bond acceptors (Lipinski definition) is 4. The molecule has 0 aliphatic carbocycles. The molecule has 2 N–H and O–H groups in total. The second kappa shape index (κ2) is 8.42. The number of carbonyl (C=O) groups excluding carboxylic acids is 2. The number of nitrogens with one attached hydrogen (secondary N) is 2. The third-order valence-electron chi connectivity index (χ3n) is 5.56. The molecule has 0 bridgehead atoms. The number of hydrogen-bond donors (Lipinski definition) is 2. The van der Waals surface area contributed by atoms with E-state index in [1.54, 1.807) is 12.1 Å². The molecule has 4 rings (SSSR count). The number of rotatable bonds is 3. The van der Waals surface area contributed by atoms with Crippen molar-refractivity contribution in [2.75, 3.05) is 31.5 Å². The molecule has 2 aliphatic rings. The fourth-order valence-corrected chi connectivity index (χ4v) is 4.54. The van der Waals surface area contributed by atoms with E-state index in [4.69, 9.17) is 0 Å². The van der Waals surface area contributed by atoms with Gasteiger partial charge in [0.25, 0.3) is 11.8 Å². The summed E-state index contributed by atoms with van der Waals surface area (Å²) in [5.41, 5.74) is 1.69. The standard InChI is InChI=1S/C20H23N3O2S.ClH/c24-18(17-5-2-12-26-17)22-16-4-1-3-15(13-16)19(25)23-10-7-20(8-11-23)6-9-21-14-20;/h1-5,12-13,21H,6-11,14H2,(H,22,24);1H. The van der Waals surface area contributed by atoms with E-state index in [0.717, 1.165) is 39.0 Å². The molecule has 1 spiro atoms. The molecule has 2 aliphatic heterocycles. The van der Waals surface area contributed by atoms with E-state index in [2.05, 4.69) is 10.6 Å². The highest BCUT2D eigenvalue weighted by Crippen LogP contribution is 2.37. The molecule has 144 valence electrons. The Bertz CT molecular complexity index is 793. The van der Waals surface area contributed by atoms with Crippen LogP contribution in [-0.2, 0) is 0 Å². The van der Waals surface area contributed by atoms with Gasteiger partial charge in [-0.15, -0.1) is 23.7 Å². The molecule has 5 nitrogen and oxygen atoms in total. The second-order valence-corrected chi connectivity index (χ2v) is 8.18. The van der Waals surface area contributed by atoms with Gasteiger partial charge in [0, 0.05) is 30.9 Å². The predicted molar refractivity (Wildman–Crippen MR) is 111 cm³/mol. The molecular formula is C20H24ClN3O2S. The van der Waals surface area contributed by atoms with Crippen LogP contribution in [0.15, 0.2) is 41.8 Å². The van der Waals surface area contributed by atoms with Crippen molar-refractivity contribution in [3.63, 3.8) is 0 Å². The maximum Gasteiger partial charge on any atom is 0.265 e. The van der Waals surface area contributed by atoms with Gasteiger partial charge in [0.1, 0.15) is 0 Å². The lowest BCUT2D eigenvalue weighted by Crippen LogP contribution is -2.44. The zero-order valence-corrected chi connectivity index (χ0v) is 16.7. The lowest BCUT2D eigenvalue weighted by molar-refractivity contribution is 0.0607. The fraction of sp³-hybridized carbons (Fsp3) is 0.400. The van der Waals surface area contributed by atoms with Crippen LogP contribution in [0.2, 0.25) is 0 Å². The number of nitrogens with zero attached hydrogens (tertiary/aromatic N) is 1. The summed E-state index contributed by atoms with van der Waals surface area (Å²) < 4.78 is 0. The van der Waals surface area contributed by atoms with E-state index >= 15 is 0 Å². The smallest absolute Gasteiger partial charge is 0.265 e. The van der Waals surface area contributed by atoms with Crippen molar-refractivity contribution >= 4 is 41.2 Å². The number of piperidine rings is 1.